The number of para-hydroxylation sites is 1. The van der Waals surface area contributed by atoms with Crippen molar-refractivity contribution in [3.05, 3.63) is 47.3 Å². The molecular weight excluding hydrogens is 320 g/mol. The van der Waals surface area contributed by atoms with Crippen molar-refractivity contribution in [3.63, 3.8) is 0 Å². The molecule has 7 heteroatoms. The predicted octanol–water partition coefficient (Wildman–Crippen LogP) is 2.44. The highest BCUT2D eigenvalue weighted by molar-refractivity contribution is 5.73. The number of hydrogen-bond donors (Lipinski definition) is 1. The molecule has 1 heterocycles. The van der Waals surface area contributed by atoms with Crippen molar-refractivity contribution in [2.24, 2.45) is 0 Å². The molecule has 0 fully saturated rings. The van der Waals surface area contributed by atoms with Crippen molar-refractivity contribution in [2.75, 3.05) is 34.8 Å². The Kier molecular flexibility index (Phi) is 6.41. The maximum absolute atomic E-state index is 12.4. The van der Waals surface area contributed by atoms with Crippen LogP contribution in [-0.4, -0.2) is 55.8 Å². The summed E-state index contributed by atoms with van der Waals surface area (Å²) in [5.74, 6) is 1.54. The van der Waals surface area contributed by atoms with Gasteiger partial charge in [0, 0.05) is 25.2 Å². The first-order valence-corrected chi connectivity index (χ1v) is 8.13. The average molecular weight is 346 g/mol. The van der Waals surface area contributed by atoms with Crippen molar-refractivity contribution in [3.8, 4) is 5.75 Å². The molecule has 2 rings (SSSR count). The molecule has 2 aromatic rings. The van der Waals surface area contributed by atoms with Crippen LogP contribution in [0.1, 0.15) is 23.1 Å². The van der Waals surface area contributed by atoms with Crippen molar-refractivity contribution in [1.29, 1.82) is 0 Å². The zero-order valence-corrected chi connectivity index (χ0v) is 15.4. The normalized spacial score (nSPS) is 12.1. The van der Waals surface area contributed by atoms with Crippen LogP contribution in [0.3, 0.4) is 0 Å². The van der Waals surface area contributed by atoms with Crippen LogP contribution >= 0.6 is 0 Å². The molecule has 0 spiro atoms. The van der Waals surface area contributed by atoms with E-state index in [1.54, 1.807) is 19.1 Å². The molecule has 0 aliphatic carbocycles. The maximum Gasteiger partial charge on any atom is 0.317 e. The summed E-state index contributed by atoms with van der Waals surface area (Å²) in [4.78, 5) is 16.0. The molecule has 7 nitrogen and oxygen atoms in total. The summed E-state index contributed by atoms with van der Waals surface area (Å²) in [7, 11) is 7.33. The summed E-state index contributed by atoms with van der Waals surface area (Å²) < 4.78 is 10.5. The van der Waals surface area contributed by atoms with Gasteiger partial charge in [-0.2, -0.15) is 0 Å². The monoisotopic (exact) mass is 346 g/mol. The largest absolute Gasteiger partial charge is 0.496 e. The van der Waals surface area contributed by atoms with Crippen LogP contribution in [0.15, 0.2) is 34.9 Å². The van der Waals surface area contributed by atoms with E-state index in [0.29, 0.717) is 13.1 Å². The lowest BCUT2D eigenvalue weighted by molar-refractivity contribution is 0.199. The molecule has 136 valence electrons. The summed E-state index contributed by atoms with van der Waals surface area (Å²) in [6, 6.07) is 9.49. The first-order chi connectivity index (χ1) is 11.9. The van der Waals surface area contributed by atoms with E-state index in [1.165, 1.54) is 0 Å². The number of nitrogens with one attached hydrogen (secondary N) is 1. The summed E-state index contributed by atoms with van der Waals surface area (Å²) in [5.41, 5.74) is 1.76. The van der Waals surface area contributed by atoms with Gasteiger partial charge in [-0.05, 0) is 27.1 Å². The Balaban J connectivity index is 1.99. The van der Waals surface area contributed by atoms with Crippen LogP contribution in [-0.2, 0) is 6.54 Å². The van der Waals surface area contributed by atoms with E-state index >= 15 is 0 Å². The molecule has 0 saturated heterocycles. The summed E-state index contributed by atoms with van der Waals surface area (Å²) in [6.45, 7) is 2.68. The second kappa shape index (κ2) is 8.53. The van der Waals surface area contributed by atoms with Gasteiger partial charge in [0.15, 0.2) is 0 Å². The summed E-state index contributed by atoms with van der Waals surface area (Å²) in [6.07, 6.45) is 0. The van der Waals surface area contributed by atoms with Crippen LogP contribution in [0.25, 0.3) is 0 Å². The quantitative estimate of drug-likeness (QED) is 0.834. The van der Waals surface area contributed by atoms with E-state index in [1.807, 2.05) is 51.4 Å². The third-order valence-electron chi connectivity index (χ3n) is 3.99. The molecule has 0 aliphatic rings. The number of methoxy groups -OCH3 is 1. The number of likely N-dealkylation sites (N-methyl/N-ethyl adjacent to an activating group) is 1. The molecule has 1 aromatic heterocycles. The zero-order chi connectivity index (χ0) is 18.4. The lowest BCUT2D eigenvalue weighted by Gasteiger charge is -2.27. The maximum atomic E-state index is 12.4. The number of nitrogens with zero attached hydrogens (tertiary/aromatic N) is 3. The zero-order valence-electron chi connectivity index (χ0n) is 15.4. The van der Waals surface area contributed by atoms with Crippen LogP contribution < -0.4 is 10.1 Å². The Morgan fingerprint density at radius 2 is 2.04 bits per heavy atom. The van der Waals surface area contributed by atoms with Crippen molar-refractivity contribution < 1.29 is 14.1 Å². The van der Waals surface area contributed by atoms with Crippen LogP contribution in [0.5, 0.6) is 5.75 Å². The standard InChI is InChI=1S/C18H26N4O3/c1-13-10-14(20-25-13)12-22(4)18(23)19-11-16(21(2)3)15-8-6-7-9-17(15)24-5/h6-10,16H,11-12H2,1-5H3,(H,19,23). The average Bonchev–Trinajstić information content (AvgIpc) is 2.99. The highest BCUT2D eigenvalue weighted by atomic mass is 16.5. The second-order valence-corrected chi connectivity index (χ2v) is 6.19. The van der Waals surface area contributed by atoms with Crippen LogP contribution in [0, 0.1) is 6.92 Å². The molecule has 1 unspecified atom stereocenters. The van der Waals surface area contributed by atoms with Gasteiger partial charge in [-0.3, -0.25) is 0 Å². The molecule has 1 atom stereocenters. The lowest BCUT2D eigenvalue weighted by atomic mass is 10.0. The van der Waals surface area contributed by atoms with Crippen molar-refractivity contribution in [2.45, 2.75) is 19.5 Å². The Hall–Kier alpha value is -2.54. The molecule has 1 aromatic carbocycles. The SMILES string of the molecule is COc1ccccc1C(CNC(=O)N(C)Cc1cc(C)on1)N(C)C. The fourth-order valence-electron chi connectivity index (χ4n) is 2.64. The number of ether oxygens (including phenoxy) is 1. The third-order valence-corrected chi connectivity index (χ3v) is 3.99. The number of carbonyl (C=O) groups is 1. The van der Waals surface area contributed by atoms with E-state index in [2.05, 4.69) is 15.4 Å². The number of aromatic nitrogens is 1. The van der Waals surface area contributed by atoms with Gasteiger partial charge in [0.2, 0.25) is 0 Å². The summed E-state index contributed by atoms with van der Waals surface area (Å²) in [5, 5.41) is 6.88. The minimum atomic E-state index is -0.164. The van der Waals surface area contributed by atoms with Gasteiger partial charge in [-0.25, -0.2) is 4.79 Å². The van der Waals surface area contributed by atoms with Gasteiger partial charge in [0.25, 0.3) is 0 Å². The first kappa shape index (κ1) is 18.8. The second-order valence-electron chi connectivity index (χ2n) is 6.19. The number of urea groups is 1. The predicted molar refractivity (Wildman–Crippen MR) is 95.5 cm³/mol. The Morgan fingerprint density at radius 1 is 1.32 bits per heavy atom. The third kappa shape index (κ3) is 4.96. The Morgan fingerprint density at radius 3 is 2.64 bits per heavy atom. The minimum Gasteiger partial charge on any atom is -0.496 e. The van der Waals surface area contributed by atoms with E-state index in [0.717, 1.165) is 22.8 Å². The van der Waals surface area contributed by atoms with Gasteiger partial charge < -0.3 is 24.4 Å². The van der Waals surface area contributed by atoms with E-state index < -0.39 is 0 Å². The van der Waals surface area contributed by atoms with Gasteiger partial charge in [0.1, 0.15) is 17.2 Å². The minimum absolute atomic E-state index is 0.00259. The van der Waals surface area contributed by atoms with Gasteiger partial charge in [-0.15, -0.1) is 0 Å². The fraction of sp³-hybridized carbons (Fsp3) is 0.444. The number of hydrogen-bond acceptors (Lipinski definition) is 5. The molecule has 0 radical (unpaired) electrons. The van der Waals surface area contributed by atoms with E-state index in [9.17, 15) is 4.79 Å². The van der Waals surface area contributed by atoms with E-state index in [-0.39, 0.29) is 12.1 Å². The number of amides is 2. The number of aryl methyl sites for hydroxylation is 1. The van der Waals surface area contributed by atoms with Crippen LogP contribution in [0.4, 0.5) is 4.79 Å². The number of rotatable bonds is 7. The van der Waals surface area contributed by atoms with Crippen molar-refractivity contribution in [1.82, 2.24) is 20.3 Å². The molecule has 0 aliphatic heterocycles. The highest BCUT2D eigenvalue weighted by Gasteiger charge is 2.20. The van der Waals surface area contributed by atoms with Gasteiger partial charge in [0.05, 0.1) is 19.7 Å². The molecule has 25 heavy (non-hydrogen) atoms. The highest BCUT2D eigenvalue weighted by Crippen LogP contribution is 2.27. The summed E-state index contributed by atoms with van der Waals surface area (Å²) >= 11 is 0. The lowest BCUT2D eigenvalue weighted by Crippen LogP contribution is -2.41. The Bertz CT molecular complexity index is 699. The molecule has 0 bridgehead atoms. The smallest absolute Gasteiger partial charge is 0.317 e. The molecule has 0 saturated carbocycles. The van der Waals surface area contributed by atoms with E-state index in [4.69, 9.17) is 9.26 Å². The fourth-order valence-corrected chi connectivity index (χ4v) is 2.64. The van der Waals surface area contributed by atoms with Crippen LogP contribution in [0.2, 0.25) is 0 Å². The topological polar surface area (TPSA) is 70.8 Å². The molecular formula is C18H26N4O3. The Labute approximate surface area is 148 Å². The number of carbonyl (C=O) groups excluding carboxylic acids is 1. The van der Waals surface area contributed by atoms with Gasteiger partial charge >= 0.3 is 6.03 Å². The number of benzene rings is 1. The van der Waals surface area contributed by atoms with Gasteiger partial charge in [-0.1, -0.05) is 23.4 Å². The molecule has 1 N–H and O–H groups in total. The first-order valence-electron chi connectivity index (χ1n) is 8.13. The molecule has 2 amide bonds. The van der Waals surface area contributed by atoms with Crippen molar-refractivity contribution >= 4 is 6.03 Å².